The standard InChI is InChI=1S/C14H17FN2O2S2/c1-9-5-11(6-10(2)14(9)15)8-17-21(18,19)13-3-4-20-12(13)7-16/h3-6,17H,7-8,16H2,1-2H3. The van der Waals surface area contributed by atoms with Crippen molar-refractivity contribution in [1.29, 1.82) is 0 Å². The van der Waals surface area contributed by atoms with Gasteiger partial charge in [-0.15, -0.1) is 11.3 Å². The summed E-state index contributed by atoms with van der Waals surface area (Å²) in [5.41, 5.74) is 7.26. The first-order valence-corrected chi connectivity index (χ1v) is 8.73. The van der Waals surface area contributed by atoms with Gasteiger partial charge in [-0.3, -0.25) is 0 Å². The highest BCUT2D eigenvalue weighted by Gasteiger charge is 2.19. The Balaban J connectivity index is 2.20. The van der Waals surface area contributed by atoms with Crippen LogP contribution in [0.1, 0.15) is 21.6 Å². The molecular weight excluding hydrogens is 311 g/mol. The second-order valence-corrected chi connectivity index (χ2v) is 7.52. The van der Waals surface area contributed by atoms with E-state index in [2.05, 4.69) is 4.72 Å². The monoisotopic (exact) mass is 328 g/mol. The SMILES string of the molecule is Cc1cc(CNS(=O)(=O)c2ccsc2CN)cc(C)c1F. The van der Waals surface area contributed by atoms with Gasteiger partial charge in [0.25, 0.3) is 0 Å². The summed E-state index contributed by atoms with van der Waals surface area (Å²) in [4.78, 5) is 0.833. The number of hydrogen-bond donors (Lipinski definition) is 2. The van der Waals surface area contributed by atoms with E-state index < -0.39 is 10.0 Å². The molecule has 2 aromatic rings. The second-order valence-electron chi connectivity index (χ2n) is 4.78. The molecule has 0 radical (unpaired) electrons. The van der Waals surface area contributed by atoms with Crippen LogP contribution in [-0.2, 0) is 23.1 Å². The Bertz CT molecular complexity index is 731. The minimum Gasteiger partial charge on any atom is -0.326 e. The molecule has 3 N–H and O–H groups in total. The van der Waals surface area contributed by atoms with E-state index in [0.29, 0.717) is 16.0 Å². The number of hydrogen-bond acceptors (Lipinski definition) is 4. The molecule has 2 rings (SSSR count). The Kier molecular flexibility index (Phi) is 4.77. The van der Waals surface area contributed by atoms with E-state index in [-0.39, 0.29) is 23.8 Å². The summed E-state index contributed by atoms with van der Waals surface area (Å²) < 4.78 is 40.6. The Labute approximate surface area is 127 Å². The lowest BCUT2D eigenvalue weighted by Gasteiger charge is -2.09. The van der Waals surface area contributed by atoms with Crippen molar-refractivity contribution in [1.82, 2.24) is 4.72 Å². The summed E-state index contributed by atoms with van der Waals surface area (Å²) in [6.07, 6.45) is 0. The van der Waals surface area contributed by atoms with E-state index in [4.69, 9.17) is 5.73 Å². The topological polar surface area (TPSA) is 72.2 Å². The molecule has 21 heavy (non-hydrogen) atoms. The fourth-order valence-electron chi connectivity index (χ4n) is 2.11. The maximum Gasteiger partial charge on any atom is 0.242 e. The predicted molar refractivity (Wildman–Crippen MR) is 82.1 cm³/mol. The molecule has 0 saturated carbocycles. The molecule has 114 valence electrons. The van der Waals surface area contributed by atoms with Gasteiger partial charge in [0, 0.05) is 18.0 Å². The quantitative estimate of drug-likeness (QED) is 0.885. The van der Waals surface area contributed by atoms with Crippen molar-refractivity contribution in [2.75, 3.05) is 0 Å². The van der Waals surface area contributed by atoms with Crippen molar-refractivity contribution in [2.24, 2.45) is 5.73 Å². The molecule has 0 aliphatic heterocycles. The molecule has 7 heteroatoms. The Morgan fingerprint density at radius 2 is 1.90 bits per heavy atom. The average Bonchev–Trinajstić information content (AvgIpc) is 2.91. The van der Waals surface area contributed by atoms with Crippen molar-refractivity contribution in [3.8, 4) is 0 Å². The van der Waals surface area contributed by atoms with E-state index in [1.54, 1.807) is 31.4 Å². The molecule has 0 aliphatic rings. The van der Waals surface area contributed by atoms with Gasteiger partial charge in [0.05, 0.1) is 4.90 Å². The molecule has 1 aromatic carbocycles. The van der Waals surface area contributed by atoms with Gasteiger partial charge in [-0.05, 0) is 42.0 Å². The molecule has 0 aliphatic carbocycles. The van der Waals surface area contributed by atoms with Crippen LogP contribution in [0, 0.1) is 19.7 Å². The van der Waals surface area contributed by atoms with E-state index in [1.807, 2.05) is 0 Å². The lowest BCUT2D eigenvalue weighted by atomic mass is 10.1. The molecule has 1 aromatic heterocycles. The number of nitrogens with one attached hydrogen (secondary N) is 1. The summed E-state index contributed by atoms with van der Waals surface area (Å²) in [6, 6.07) is 4.82. The number of benzene rings is 1. The first kappa shape index (κ1) is 16.1. The largest absolute Gasteiger partial charge is 0.326 e. The fourth-order valence-corrected chi connectivity index (χ4v) is 4.46. The molecule has 0 saturated heterocycles. The molecule has 0 bridgehead atoms. The number of nitrogens with two attached hydrogens (primary N) is 1. The van der Waals surface area contributed by atoms with Crippen LogP contribution in [0.5, 0.6) is 0 Å². The molecule has 1 heterocycles. The van der Waals surface area contributed by atoms with Crippen molar-refractivity contribution < 1.29 is 12.8 Å². The fraction of sp³-hybridized carbons (Fsp3) is 0.286. The number of rotatable bonds is 5. The summed E-state index contributed by atoms with van der Waals surface area (Å²) in [5, 5.41) is 1.70. The molecule has 0 unspecified atom stereocenters. The summed E-state index contributed by atoms with van der Waals surface area (Å²) in [6.45, 7) is 3.62. The first-order chi connectivity index (χ1) is 9.85. The van der Waals surface area contributed by atoms with Gasteiger partial charge < -0.3 is 5.73 Å². The lowest BCUT2D eigenvalue weighted by molar-refractivity contribution is 0.580. The Morgan fingerprint density at radius 1 is 1.29 bits per heavy atom. The minimum atomic E-state index is -3.61. The van der Waals surface area contributed by atoms with Crippen LogP contribution in [-0.4, -0.2) is 8.42 Å². The summed E-state index contributed by atoms with van der Waals surface area (Å²) in [5.74, 6) is -0.259. The van der Waals surface area contributed by atoms with Crippen LogP contribution >= 0.6 is 11.3 Å². The highest BCUT2D eigenvalue weighted by molar-refractivity contribution is 7.89. The maximum absolute atomic E-state index is 13.6. The molecule has 0 amide bonds. The normalized spacial score (nSPS) is 11.8. The van der Waals surface area contributed by atoms with Crippen LogP contribution < -0.4 is 10.5 Å². The van der Waals surface area contributed by atoms with Gasteiger partial charge in [-0.1, -0.05) is 12.1 Å². The maximum atomic E-state index is 13.6. The van der Waals surface area contributed by atoms with Gasteiger partial charge in [-0.2, -0.15) is 0 Å². The predicted octanol–water partition coefficient (Wildman–Crippen LogP) is 2.44. The number of thiophene rings is 1. The van der Waals surface area contributed by atoms with E-state index in [1.165, 1.54) is 17.4 Å². The van der Waals surface area contributed by atoms with Crippen molar-refractivity contribution in [3.05, 3.63) is 51.0 Å². The third kappa shape index (κ3) is 3.49. The van der Waals surface area contributed by atoms with Crippen LogP contribution in [0.4, 0.5) is 4.39 Å². The number of aryl methyl sites for hydroxylation is 2. The van der Waals surface area contributed by atoms with Crippen molar-refractivity contribution >= 4 is 21.4 Å². The lowest BCUT2D eigenvalue weighted by Crippen LogP contribution is -2.24. The molecule has 0 spiro atoms. The Morgan fingerprint density at radius 3 is 2.48 bits per heavy atom. The zero-order valence-corrected chi connectivity index (χ0v) is 13.4. The van der Waals surface area contributed by atoms with Crippen LogP contribution in [0.2, 0.25) is 0 Å². The Hall–Kier alpha value is -1.28. The van der Waals surface area contributed by atoms with Crippen LogP contribution in [0.3, 0.4) is 0 Å². The second kappa shape index (κ2) is 6.23. The van der Waals surface area contributed by atoms with Crippen molar-refractivity contribution in [3.63, 3.8) is 0 Å². The highest BCUT2D eigenvalue weighted by Crippen LogP contribution is 2.21. The number of sulfonamides is 1. The van der Waals surface area contributed by atoms with Gasteiger partial charge in [0.1, 0.15) is 5.82 Å². The highest BCUT2D eigenvalue weighted by atomic mass is 32.2. The smallest absolute Gasteiger partial charge is 0.242 e. The van der Waals surface area contributed by atoms with Crippen molar-refractivity contribution in [2.45, 2.75) is 31.8 Å². The van der Waals surface area contributed by atoms with E-state index >= 15 is 0 Å². The third-order valence-corrected chi connectivity index (χ3v) is 5.70. The molecule has 0 atom stereocenters. The molecular formula is C14H17FN2O2S2. The average molecular weight is 328 g/mol. The zero-order valence-electron chi connectivity index (χ0n) is 11.8. The summed E-state index contributed by atoms with van der Waals surface area (Å²) in [7, 11) is -3.61. The molecule has 0 fully saturated rings. The number of halogens is 1. The van der Waals surface area contributed by atoms with Gasteiger partial charge in [-0.25, -0.2) is 17.5 Å². The minimum absolute atomic E-state index is 0.115. The molecule has 4 nitrogen and oxygen atoms in total. The zero-order chi connectivity index (χ0) is 15.6. The van der Waals surface area contributed by atoms with Crippen LogP contribution in [0.25, 0.3) is 0 Å². The van der Waals surface area contributed by atoms with Gasteiger partial charge in [0.2, 0.25) is 10.0 Å². The van der Waals surface area contributed by atoms with Gasteiger partial charge >= 0.3 is 0 Å². The van der Waals surface area contributed by atoms with Gasteiger partial charge in [0.15, 0.2) is 0 Å². The van der Waals surface area contributed by atoms with E-state index in [9.17, 15) is 12.8 Å². The summed E-state index contributed by atoms with van der Waals surface area (Å²) >= 11 is 1.31. The first-order valence-electron chi connectivity index (χ1n) is 6.37. The van der Waals surface area contributed by atoms with E-state index in [0.717, 1.165) is 5.56 Å². The van der Waals surface area contributed by atoms with Crippen LogP contribution in [0.15, 0.2) is 28.5 Å². The third-order valence-electron chi connectivity index (χ3n) is 3.14.